The molecule has 0 unspecified atom stereocenters. The minimum absolute atomic E-state index is 0.0358. The Morgan fingerprint density at radius 2 is 1.77 bits per heavy atom. The normalized spacial score (nSPS) is 19.5. The van der Waals surface area contributed by atoms with E-state index in [-0.39, 0.29) is 23.0 Å². The second-order valence-corrected chi connectivity index (χ2v) is 9.01. The summed E-state index contributed by atoms with van der Waals surface area (Å²) in [6.45, 7) is 4.21. The number of rotatable bonds is 3. The molecule has 0 spiro atoms. The summed E-state index contributed by atoms with van der Waals surface area (Å²) >= 11 is 0. The zero-order chi connectivity index (χ0) is 21.6. The second-order valence-electron chi connectivity index (χ2n) is 9.01. The van der Waals surface area contributed by atoms with E-state index in [1.807, 2.05) is 60.7 Å². The number of nitrogens with one attached hydrogen (secondary N) is 2. The maximum absolute atomic E-state index is 13.2. The molecule has 0 amide bonds. The van der Waals surface area contributed by atoms with Crippen LogP contribution in [0.3, 0.4) is 0 Å². The molecule has 5 nitrogen and oxygen atoms in total. The zero-order valence-electron chi connectivity index (χ0n) is 17.6. The lowest BCUT2D eigenvalue weighted by atomic mass is 9.74. The van der Waals surface area contributed by atoms with Gasteiger partial charge in [-0.25, -0.2) is 0 Å². The predicted molar refractivity (Wildman–Crippen MR) is 120 cm³/mol. The molecular formula is C26H24N2O3. The molecule has 0 bridgehead atoms. The summed E-state index contributed by atoms with van der Waals surface area (Å²) in [6, 6.07) is 18.1. The third-order valence-corrected chi connectivity index (χ3v) is 5.94. The molecule has 2 N–H and O–H groups in total. The Hall–Kier alpha value is -3.60. The summed E-state index contributed by atoms with van der Waals surface area (Å²) < 4.78 is 5.68. The van der Waals surface area contributed by atoms with Crippen molar-refractivity contribution in [3.63, 3.8) is 0 Å². The van der Waals surface area contributed by atoms with Gasteiger partial charge in [0.15, 0.2) is 11.6 Å². The quantitative estimate of drug-likeness (QED) is 0.537. The molecule has 0 radical (unpaired) electrons. The Balaban J connectivity index is 1.60. The monoisotopic (exact) mass is 412 g/mol. The smallest absolute Gasteiger partial charge is 0.193 e. The van der Waals surface area contributed by atoms with E-state index in [1.54, 1.807) is 6.26 Å². The van der Waals surface area contributed by atoms with E-state index in [0.717, 1.165) is 23.5 Å². The molecule has 5 heteroatoms. The summed E-state index contributed by atoms with van der Waals surface area (Å²) in [4.78, 5) is 26.2. The van der Waals surface area contributed by atoms with Gasteiger partial charge in [-0.05, 0) is 42.2 Å². The van der Waals surface area contributed by atoms with Crippen LogP contribution < -0.4 is 10.6 Å². The summed E-state index contributed by atoms with van der Waals surface area (Å²) in [6.07, 6.45) is 2.85. The predicted octanol–water partition coefficient (Wildman–Crippen LogP) is 5.73. The van der Waals surface area contributed by atoms with Crippen molar-refractivity contribution in [1.82, 2.24) is 0 Å². The van der Waals surface area contributed by atoms with Crippen LogP contribution in [0.5, 0.6) is 0 Å². The van der Waals surface area contributed by atoms with Crippen LogP contribution in [0.4, 0.5) is 11.4 Å². The average molecular weight is 412 g/mol. The number of furan rings is 1. The fourth-order valence-electron chi connectivity index (χ4n) is 4.51. The molecule has 1 aliphatic heterocycles. The summed E-state index contributed by atoms with van der Waals surface area (Å²) in [7, 11) is 0. The van der Waals surface area contributed by atoms with E-state index in [9.17, 15) is 9.59 Å². The second kappa shape index (κ2) is 7.27. The van der Waals surface area contributed by atoms with Gasteiger partial charge in [0.05, 0.1) is 17.6 Å². The molecule has 1 atom stereocenters. The number of benzene rings is 2. The highest BCUT2D eigenvalue weighted by Crippen LogP contribution is 2.45. The standard InChI is InChI=1S/C26H24N2O3/c1-26(2)14-20-23(21(29)15-26)24(22-9-6-12-31-22)28-18-11-10-17(13-19(18)27-20)25(30)16-7-4-3-5-8-16/h3-13,24,27-28H,14-15H2,1-2H3/t24-/m1/s1. The lowest BCUT2D eigenvalue weighted by molar-refractivity contribution is -0.118. The molecule has 1 aromatic heterocycles. The Labute approximate surface area is 181 Å². The number of ketones is 2. The lowest BCUT2D eigenvalue weighted by Crippen LogP contribution is -2.31. The number of fused-ring (bicyclic) bond motifs is 1. The molecule has 0 fully saturated rings. The van der Waals surface area contributed by atoms with E-state index >= 15 is 0 Å². The molecule has 0 saturated carbocycles. The van der Waals surface area contributed by atoms with Crippen LogP contribution in [-0.4, -0.2) is 11.6 Å². The Morgan fingerprint density at radius 3 is 2.52 bits per heavy atom. The molecule has 31 heavy (non-hydrogen) atoms. The number of Topliss-reactive ketones (excluding diaryl/α,β-unsaturated/α-hetero) is 1. The van der Waals surface area contributed by atoms with Gasteiger partial charge < -0.3 is 15.1 Å². The Morgan fingerprint density at radius 1 is 0.968 bits per heavy atom. The number of hydrogen-bond donors (Lipinski definition) is 2. The van der Waals surface area contributed by atoms with Crippen molar-refractivity contribution in [3.8, 4) is 0 Å². The first kappa shape index (κ1) is 19.4. The zero-order valence-corrected chi connectivity index (χ0v) is 17.6. The van der Waals surface area contributed by atoms with Gasteiger partial charge in [0.1, 0.15) is 11.8 Å². The molecule has 3 aromatic rings. The van der Waals surface area contributed by atoms with Crippen molar-refractivity contribution >= 4 is 22.9 Å². The fraction of sp³-hybridized carbons (Fsp3) is 0.231. The number of carbonyl (C=O) groups is 2. The molecule has 156 valence electrons. The molecular weight excluding hydrogens is 388 g/mol. The Bertz CT molecular complexity index is 1190. The number of allylic oxidation sites excluding steroid dienone is 1. The van der Waals surface area contributed by atoms with E-state index < -0.39 is 0 Å². The van der Waals surface area contributed by atoms with Crippen LogP contribution in [0.15, 0.2) is 82.6 Å². The molecule has 1 aliphatic carbocycles. The van der Waals surface area contributed by atoms with Crippen LogP contribution in [0.25, 0.3) is 0 Å². The largest absolute Gasteiger partial charge is 0.467 e. The van der Waals surface area contributed by atoms with Gasteiger partial charge in [-0.1, -0.05) is 44.2 Å². The molecule has 0 saturated heterocycles. The van der Waals surface area contributed by atoms with E-state index in [2.05, 4.69) is 24.5 Å². The van der Waals surface area contributed by atoms with Gasteiger partial charge in [-0.2, -0.15) is 0 Å². The maximum atomic E-state index is 13.2. The van der Waals surface area contributed by atoms with Crippen molar-refractivity contribution in [1.29, 1.82) is 0 Å². The molecule has 5 rings (SSSR count). The minimum Gasteiger partial charge on any atom is -0.467 e. The van der Waals surface area contributed by atoms with Gasteiger partial charge in [-0.15, -0.1) is 0 Å². The van der Waals surface area contributed by atoms with Crippen molar-refractivity contribution in [3.05, 3.63) is 95.1 Å². The third kappa shape index (κ3) is 3.56. The first-order valence-corrected chi connectivity index (χ1v) is 10.5. The Kier molecular flexibility index (Phi) is 4.54. The number of anilines is 2. The summed E-state index contributed by atoms with van der Waals surface area (Å²) in [5.74, 6) is 0.770. The van der Waals surface area contributed by atoms with Crippen LogP contribution in [0.1, 0.15) is 54.4 Å². The van der Waals surface area contributed by atoms with Crippen LogP contribution in [-0.2, 0) is 4.79 Å². The number of carbonyl (C=O) groups excluding carboxylic acids is 2. The lowest BCUT2D eigenvalue weighted by Gasteiger charge is -2.33. The minimum atomic E-state index is -0.377. The first-order chi connectivity index (χ1) is 14.9. The van der Waals surface area contributed by atoms with Crippen LogP contribution in [0.2, 0.25) is 0 Å². The van der Waals surface area contributed by atoms with E-state index in [0.29, 0.717) is 28.9 Å². The summed E-state index contributed by atoms with van der Waals surface area (Å²) in [5.41, 5.74) is 4.31. The van der Waals surface area contributed by atoms with Crippen molar-refractivity contribution < 1.29 is 14.0 Å². The average Bonchev–Trinajstić information content (AvgIpc) is 3.22. The van der Waals surface area contributed by atoms with Gasteiger partial charge in [0.2, 0.25) is 0 Å². The van der Waals surface area contributed by atoms with Crippen LogP contribution in [0, 0.1) is 5.41 Å². The SMILES string of the molecule is CC1(C)CC(=O)C2=C(C1)Nc1cc(C(=O)c3ccccc3)ccc1N[C@@H]2c1ccco1. The fourth-order valence-corrected chi connectivity index (χ4v) is 4.51. The molecule has 2 aliphatic rings. The van der Waals surface area contributed by atoms with E-state index in [4.69, 9.17) is 4.42 Å². The van der Waals surface area contributed by atoms with E-state index in [1.165, 1.54) is 0 Å². The first-order valence-electron chi connectivity index (χ1n) is 10.5. The molecule has 2 heterocycles. The highest BCUT2D eigenvalue weighted by atomic mass is 16.3. The highest BCUT2D eigenvalue weighted by molar-refractivity contribution is 6.10. The highest BCUT2D eigenvalue weighted by Gasteiger charge is 2.39. The third-order valence-electron chi connectivity index (χ3n) is 5.94. The van der Waals surface area contributed by atoms with Gasteiger partial charge in [0, 0.05) is 28.8 Å². The van der Waals surface area contributed by atoms with Crippen molar-refractivity contribution in [2.45, 2.75) is 32.7 Å². The van der Waals surface area contributed by atoms with Crippen LogP contribution >= 0.6 is 0 Å². The van der Waals surface area contributed by atoms with Crippen molar-refractivity contribution in [2.24, 2.45) is 5.41 Å². The number of hydrogen-bond acceptors (Lipinski definition) is 5. The van der Waals surface area contributed by atoms with Crippen molar-refractivity contribution in [2.75, 3.05) is 10.6 Å². The molecule has 2 aromatic carbocycles. The topological polar surface area (TPSA) is 71.3 Å². The van der Waals surface area contributed by atoms with Gasteiger partial charge >= 0.3 is 0 Å². The van der Waals surface area contributed by atoms with Gasteiger partial charge in [0.25, 0.3) is 0 Å². The summed E-state index contributed by atoms with van der Waals surface area (Å²) in [5, 5.41) is 6.97. The van der Waals surface area contributed by atoms with Gasteiger partial charge in [-0.3, -0.25) is 9.59 Å². The maximum Gasteiger partial charge on any atom is 0.193 e.